The number of unbranched alkanes of at least 4 members (excludes halogenated alkanes) is 2. The van der Waals surface area contributed by atoms with Crippen molar-refractivity contribution in [2.45, 2.75) is 19.3 Å². The third-order valence-electron chi connectivity index (χ3n) is 3.49. The Hall–Kier alpha value is -1.81. The van der Waals surface area contributed by atoms with Crippen LogP contribution in [0.3, 0.4) is 0 Å². The fourth-order valence-electron chi connectivity index (χ4n) is 2.33. The van der Waals surface area contributed by atoms with E-state index < -0.39 is 0 Å². The Labute approximate surface area is 119 Å². The maximum absolute atomic E-state index is 11.9. The number of nitrogens with one attached hydrogen (secondary N) is 1. The van der Waals surface area contributed by atoms with Gasteiger partial charge in [-0.1, -0.05) is 18.2 Å². The van der Waals surface area contributed by atoms with Crippen LogP contribution in [0.4, 0.5) is 5.69 Å². The Morgan fingerprint density at radius 2 is 2.00 bits per heavy atom. The highest BCUT2D eigenvalue weighted by Crippen LogP contribution is 2.20. The van der Waals surface area contributed by atoms with Crippen LogP contribution in [0.2, 0.25) is 0 Å². The molecule has 1 N–H and O–H groups in total. The number of fused-ring (bicyclic) bond motifs is 1. The third-order valence-corrected chi connectivity index (χ3v) is 3.49. The Morgan fingerprint density at radius 3 is 2.80 bits per heavy atom. The van der Waals surface area contributed by atoms with Gasteiger partial charge in [0.15, 0.2) is 0 Å². The lowest BCUT2D eigenvalue weighted by atomic mass is 10.1. The standard InChI is InChI=1S/C16H22N2O2/c1-18-15-9-5-4-8-13(15)14(12-16(18)19)17-10-6-3-7-11-20-2/h4-5,8-9,12,17H,3,6-7,10-11H2,1-2H3. The lowest BCUT2D eigenvalue weighted by molar-refractivity contribution is 0.192. The van der Waals surface area contributed by atoms with Crippen LogP contribution >= 0.6 is 0 Å². The molecule has 4 nitrogen and oxygen atoms in total. The summed E-state index contributed by atoms with van der Waals surface area (Å²) < 4.78 is 6.71. The normalized spacial score (nSPS) is 10.9. The summed E-state index contributed by atoms with van der Waals surface area (Å²) in [5, 5.41) is 4.47. The van der Waals surface area contributed by atoms with E-state index in [-0.39, 0.29) is 5.56 Å². The van der Waals surface area contributed by atoms with E-state index in [0.717, 1.165) is 49.0 Å². The van der Waals surface area contributed by atoms with Gasteiger partial charge in [0.25, 0.3) is 5.56 Å². The van der Waals surface area contributed by atoms with Crippen LogP contribution in [0.25, 0.3) is 10.9 Å². The molecule has 0 radical (unpaired) electrons. The largest absolute Gasteiger partial charge is 0.385 e. The molecule has 0 aliphatic rings. The number of aromatic nitrogens is 1. The number of anilines is 1. The van der Waals surface area contributed by atoms with E-state index in [2.05, 4.69) is 5.32 Å². The first kappa shape index (κ1) is 14.6. The maximum Gasteiger partial charge on any atom is 0.252 e. The molecule has 0 amide bonds. The molecule has 1 aromatic heterocycles. The van der Waals surface area contributed by atoms with E-state index >= 15 is 0 Å². The van der Waals surface area contributed by atoms with Crippen molar-refractivity contribution in [1.29, 1.82) is 0 Å². The molecule has 1 aromatic carbocycles. The molecule has 0 saturated carbocycles. The first-order valence-electron chi connectivity index (χ1n) is 7.05. The van der Waals surface area contributed by atoms with Crippen LogP contribution < -0.4 is 10.9 Å². The fraction of sp³-hybridized carbons (Fsp3) is 0.438. The van der Waals surface area contributed by atoms with Gasteiger partial charge in [0.1, 0.15) is 0 Å². The van der Waals surface area contributed by atoms with Crippen LogP contribution in [-0.4, -0.2) is 24.8 Å². The van der Waals surface area contributed by atoms with Crippen LogP contribution in [0.5, 0.6) is 0 Å². The zero-order valence-electron chi connectivity index (χ0n) is 12.2. The van der Waals surface area contributed by atoms with Gasteiger partial charge in [-0.2, -0.15) is 0 Å². The van der Waals surface area contributed by atoms with Gasteiger partial charge in [-0.15, -0.1) is 0 Å². The van der Waals surface area contributed by atoms with Crippen LogP contribution in [0.1, 0.15) is 19.3 Å². The summed E-state index contributed by atoms with van der Waals surface area (Å²) in [7, 11) is 3.53. The van der Waals surface area contributed by atoms with Crippen molar-refractivity contribution in [2.24, 2.45) is 7.05 Å². The van der Waals surface area contributed by atoms with Gasteiger partial charge < -0.3 is 14.6 Å². The van der Waals surface area contributed by atoms with Gasteiger partial charge in [-0.05, 0) is 25.3 Å². The Balaban J connectivity index is 2.07. The second-order valence-electron chi connectivity index (χ2n) is 4.95. The number of hydrogen-bond donors (Lipinski definition) is 1. The summed E-state index contributed by atoms with van der Waals surface area (Å²) in [6.45, 7) is 1.69. The molecule has 0 aliphatic carbocycles. The molecule has 0 fully saturated rings. The molecule has 0 atom stereocenters. The summed E-state index contributed by atoms with van der Waals surface area (Å²) in [5.74, 6) is 0. The number of para-hydroxylation sites is 1. The predicted molar refractivity (Wildman–Crippen MR) is 83.4 cm³/mol. The number of nitrogens with zero attached hydrogens (tertiary/aromatic N) is 1. The van der Waals surface area contributed by atoms with E-state index in [1.54, 1.807) is 24.8 Å². The second-order valence-corrected chi connectivity index (χ2v) is 4.95. The second kappa shape index (κ2) is 7.10. The minimum absolute atomic E-state index is 0.0191. The highest BCUT2D eigenvalue weighted by atomic mass is 16.5. The molecule has 0 bridgehead atoms. The first-order valence-corrected chi connectivity index (χ1v) is 7.05. The molecular weight excluding hydrogens is 252 g/mol. The van der Waals surface area contributed by atoms with Crippen LogP contribution in [0, 0.1) is 0 Å². The summed E-state index contributed by atoms with van der Waals surface area (Å²) in [4.78, 5) is 11.9. The monoisotopic (exact) mass is 274 g/mol. The molecule has 0 unspecified atom stereocenters. The zero-order valence-corrected chi connectivity index (χ0v) is 12.2. The molecule has 2 aromatic rings. The highest BCUT2D eigenvalue weighted by Gasteiger charge is 2.05. The van der Waals surface area contributed by atoms with E-state index in [1.807, 2.05) is 24.3 Å². The third kappa shape index (κ3) is 3.39. The summed E-state index contributed by atoms with van der Waals surface area (Å²) in [6, 6.07) is 9.65. The van der Waals surface area contributed by atoms with Crippen LogP contribution in [-0.2, 0) is 11.8 Å². The van der Waals surface area contributed by atoms with Gasteiger partial charge in [0.2, 0.25) is 0 Å². The molecular formula is C16H22N2O2. The maximum atomic E-state index is 11.9. The van der Waals surface area contributed by atoms with Crippen molar-refractivity contribution in [1.82, 2.24) is 4.57 Å². The summed E-state index contributed by atoms with van der Waals surface area (Å²) >= 11 is 0. The summed E-state index contributed by atoms with van der Waals surface area (Å²) in [5.41, 5.74) is 1.91. The Bertz CT molecular complexity index is 619. The van der Waals surface area contributed by atoms with E-state index in [1.165, 1.54) is 0 Å². The molecule has 108 valence electrons. The van der Waals surface area contributed by atoms with Gasteiger partial charge in [-0.3, -0.25) is 4.79 Å². The van der Waals surface area contributed by atoms with Gasteiger partial charge >= 0.3 is 0 Å². The molecule has 0 saturated heterocycles. The smallest absolute Gasteiger partial charge is 0.252 e. The van der Waals surface area contributed by atoms with E-state index in [9.17, 15) is 4.79 Å². The molecule has 20 heavy (non-hydrogen) atoms. The quantitative estimate of drug-likeness (QED) is 0.790. The molecule has 2 rings (SSSR count). The lowest BCUT2D eigenvalue weighted by Crippen LogP contribution is -2.17. The fourth-order valence-corrected chi connectivity index (χ4v) is 2.33. The van der Waals surface area contributed by atoms with Gasteiger partial charge in [0.05, 0.1) is 5.52 Å². The number of ether oxygens (including phenoxy) is 1. The SMILES string of the molecule is COCCCCCNc1cc(=O)n(C)c2ccccc12. The first-order chi connectivity index (χ1) is 9.74. The predicted octanol–water partition coefficient (Wildman–Crippen LogP) is 2.77. The van der Waals surface area contributed by atoms with Crippen molar-refractivity contribution in [3.63, 3.8) is 0 Å². The van der Waals surface area contributed by atoms with E-state index in [0.29, 0.717) is 0 Å². The van der Waals surface area contributed by atoms with Gasteiger partial charge in [-0.25, -0.2) is 0 Å². The summed E-state index contributed by atoms with van der Waals surface area (Å²) in [6.07, 6.45) is 3.28. The Morgan fingerprint density at radius 1 is 1.20 bits per heavy atom. The average molecular weight is 274 g/mol. The van der Waals surface area contributed by atoms with Crippen molar-refractivity contribution in [3.05, 3.63) is 40.7 Å². The topological polar surface area (TPSA) is 43.3 Å². The molecule has 1 heterocycles. The number of rotatable bonds is 7. The number of benzene rings is 1. The Kier molecular flexibility index (Phi) is 5.18. The van der Waals surface area contributed by atoms with Crippen LogP contribution in [0.15, 0.2) is 35.1 Å². The lowest BCUT2D eigenvalue weighted by Gasteiger charge is -2.12. The van der Waals surface area contributed by atoms with Crippen molar-refractivity contribution in [3.8, 4) is 0 Å². The highest BCUT2D eigenvalue weighted by molar-refractivity contribution is 5.91. The van der Waals surface area contributed by atoms with E-state index in [4.69, 9.17) is 4.74 Å². The van der Waals surface area contributed by atoms with Crippen molar-refractivity contribution >= 4 is 16.6 Å². The van der Waals surface area contributed by atoms with Gasteiger partial charge in [0, 0.05) is 44.4 Å². The molecule has 4 heteroatoms. The number of hydrogen-bond acceptors (Lipinski definition) is 3. The molecule has 0 spiro atoms. The molecule has 0 aliphatic heterocycles. The number of aryl methyl sites for hydroxylation is 1. The van der Waals surface area contributed by atoms with Crippen molar-refractivity contribution in [2.75, 3.05) is 25.6 Å². The average Bonchev–Trinajstić information content (AvgIpc) is 2.47. The number of methoxy groups -OCH3 is 1. The minimum atomic E-state index is 0.0191. The number of pyridine rings is 1. The minimum Gasteiger partial charge on any atom is -0.385 e. The zero-order chi connectivity index (χ0) is 14.4. The van der Waals surface area contributed by atoms with Crippen molar-refractivity contribution < 1.29 is 4.74 Å².